The van der Waals surface area contributed by atoms with E-state index >= 15 is 0 Å². The van der Waals surface area contributed by atoms with Gasteiger partial charge in [-0.2, -0.15) is 0 Å². The average Bonchev–Trinajstić information content (AvgIpc) is 2.04. The van der Waals surface area contributed by atoms with E-state index in [1.165, 1.54) is 5.57 Å². The van der Waals surface area contributed by atoms with E-state index < -0.39 is 0 Å². The first kappa shape index (κ1) is 11.0. The lowest BCUT2D eigenvalue weighted by molar-refractivity contribution is 0.747. The van der Waals surface area contributed by atoms with Crippen LogP contribution in [0.25, 0.3) is 0 Å². The van der Waals surface area contributed by atoms with Crippen LogP contribution < -0.4 is 0 Å². The molecule has 0 aromatic carbocycles. The Kier molecular flexibility index (Phi) is 6.14. The van der Waals surface area contributed by atoms with Crippen molar-refractivity contribution in [3.05, 3.63) is 42.7 Å². The Morgan fingerprint density at radius 2 is 2.17 bits per heavy atom. The first-order chi connectivity index (χ1) is 5.70. The third-order valence-electron chi connectivity index (χ3n) is 1.69. The first-order valence-corrected chi connectivity index (χ1v) is 4.34. The highest BCUT2D eigenvalue weighted by Crippen LogP contribution is 2.03. The van der Waals surface area contributed by atoms with Gasteiger partial charge in [0.05, 0.1) is 0 Å². The minimum atomic E-state index is 0.550. The van der Waals surface area contributed by atoms with Crippen LogP contribution in [0.15, 0.2) is 42.7 Å². The van der Waals surface area contributed by atoms with Crippen molar-refractivity contribution in [1.29, 1.82) is 0 Å². The smallest absolute Gasteiger partial charge is 0.00681 e. The van der Waals surface area contributed by atoms with Gasteiger partial charge in [0, 0.05) is 0 Å². The summed E-state index contributed by atoms with van der Waals surface area (Å²) in [7, 11) is 0. The molecule has 12 heavy (non-hydrogen) atoms. The Balaban J connectivity index is 3.94. The summed E-state index contributed by atoms with van der Waals surface area (Å²) in [4.78, 5) is 0. The molecule has 0 amide bonds. The van der Waals surface area contributed by atoms with Crippen LogP contribution >= 0.6 is 0 Å². The molecule has 0 spiro atoms. The fraction of sp³-hybridized carbons (Fsp3) is 0.417. The van der Waals surface area contributed by atoms with Crippen LogP contribution in [0.1, 0.15) is 26.7 Å². The molecule has 0 bridgehead atoms. The number of allylic oxidation sites excluding steroid dienone is 3. The summed E-state index contributed by atoms with van der Waals surface area (Å²) in [6.07, 6.45) is 7.89. The van der Waals surface area contributed by atoms with Gasteiger partial charge in [-0.25, -0.2) is 0 Å². The van der Waals surface area contributed by atoms with Crippen LogP contribution in [-0.4, -0.2) is 0 Å². The molecule has 0 rings (SSSR count). The molecule has 66 valence electrons. The molecule has 0 aliphatic carbocycles. The Hall–Kier alpha value is -1.00. The molecule has 0 N–H and O–H groups in total. The molecule has 1 atom stereocenters. The maximum absolute atomic E-state index is 3.72. The molecule has 0 heteroatoms. The number of hydrogen-bond acceptors (Lipinski definition) is 0. The van der Waals surface area contributed by atoms with Crippen molar-refractivity contribution in [2.24, 2.45) is 5.92 Å². The second-order valence-electron chi connectivity index (χ2n) is 3.07. The predicted molar refractivity (Wildman–Crippen MR) is 56.1 cm³/mol. The molecular formula is C12H18. The van der Waals surface area contributed by atoms with Crippen molar-refractivity contribution in [2.75, 3.05) is 0 Å². The molecule has 0 saturated carbocycles. The standard InChI is InChI=1S/C12H18/c1-5-8-12(4)10-7-9-11(3)6-2/h5-7,11H,1-2,8-9H2,3-4H3. The van der Waals surface area contributed by atoms with Gasteiger partial charge < -0.3 is 0 Å². The van der Waals surface area contributed by atoms with E-state index in [1.807, 2.05) is 12.2 Å². The van der Waals surface area contributed by atoms with Gasteiger partial charge in [0.2, 0.25) is 0 Å². The zero-order valence-corrected chi connectivity index (χ0v) is 8.14. The molecule has 0 aromatic heterocycles. The molecule has 0 heterocycles. The Bertz CT molecular complexity index is 202. The van der Waals surface area contributed by atoms with Crippen LogP contribution in [0.3, 0.4) is 0 Å². The lowest BCUT2D eigenvalue weighted by Crippen LogP contribution is -1.83. The summed E-state index contributed by atoms with van der Waals surface area (Å²) in [6, 6.07) is 0. The molecule has 0 nitrogen and oxygen atoms in total. The molecular weight excluding hydrogens is 144 g/mol. The highest BCUT2D eigenvalue weighted by Gasteiger charge is 1.89. The Morgan fingerprint density at radius 1 is 1.50 bits per heavy atom. The van der Waals surface area contributed by atoms with E-state index in [2.05, 4.69) is 38.8 Å². The maximum Gasteiger partial charge on any atom is -0.00681 e. The summed E-state index contributed by atoms with van der Waals surface area (Å²) in [5, 5.41) is 0. The summed E-state index contributed by atoms with van der Waals surface area (Å²) in [5.74, 6) is 0.550. The van der Waals surface area contributed by atoms with Crippen molar-refractivity contribution < 1.29 is 0 Å². The van der Waals surface area contributed by atoms with Gasteiger partial charge in [-0.15, -0.1) is 18.9 Å². The lowest BCUT2D eigenvalue weighted by Gasteiger charge is -1.96. The topological polar surface area (TPSA) is 0 Å². The Morgan fingerprint density at radius 3 is 2.67 bits per heavy atom. The lowest BCUT2D eigenvalue weighted by atomic mass is 10.1. The molecule has 0 aromatic rings. The third-order valence-corrected chi connectivity index (χ3v) is 1.69. The van der Waals surface area contributed by atoms with E-state index in [1.54, 1.807) is 0 Å². The minimum absolute atomic E-state index is 0.550. The highest BCUT2D eigenvalue weighted by molar-refractivity contribution is 5.03. The van der Waals surface area contributed by atoms with E-state index in [-0.39, 0.29) is 0 Å². The monoisotopic (exact) mass is 162 g/mol. The van der Waals surface area contributed by atoms with Crippen LogP contribution in [-0.2, 0) is 0 Å². The third kappa shape index (κ3) is 5.76. The molecule has 0 saturated heterocycles. The van der Waals surface area contributed by atoms with E-state index in [0.717, 1.165) is 12.8 Å². The van der Waals surface area contributed by atoms with Crippen molar-refractivity contribution in [1.82, 2.24) is 0 Å². The summed E-state index contributed by atoms with van der Waals surface area (Å²) < 4.78 is 0. The van der Waals surface area contributed by atoms with Gasteiger partial charge in [0.15, 0.2) is 0 Å². The van der Waals surface area contributed by atoms with Gasteiger partial charge in [0.25, 0.3) is 0 Å². The van der Waals surface area contributed by atoms with Crippen molar-refractivity contribution in [2.45, 2.75) is 26.7 Å². The Labute approximate surface area is 76.0 Å². The quantitative estimate of drug-likeness (QED) is 0.425. The van der Waals surface area contributed by atoms with Crippen LogP contribution in [0.5, 0.6) is 0 Å². The van der Waals surface area contributed by atoms with Crippen molar-refractivity contribution in [3.8, 4) is 0 Å². The van der Waals surface area contributed by atoms with E-state index in [9.17, 15) is 0 Å². The second-order valence-corrected chi connectivity index (χ2v) is 3.07. The largest absolute Gasteiger partial charge is 0.126 e. The van der Waals surface area contributed by atoms with E-state index in [0.29, 0.717) is 5.92 Å². The minimum Gasteiger partial charge on any atom is -0.126 e. The molecule has 0 aliphatic heterocycles. The fourth-order valence-corrected chi connectivity index (χ4v) is 0.791. The highest BCUT2D eigenvalue weighted by atomic mass is 13.9. The first-order valence-electron chi connectivity index (χ1n) is 4.34. The fourth-order valence-electron chi connectivity index (χ4n) is 0.791. The SMILES string of the molecule is C=CCC(C)=C=CCC(C)C=C. The van der Waals surface area contributed by atoms with Crippen molar-refractivity contribution in [3.63, 3.8) is 0 Å². The second kappa shape index (κ2) is 6.69. The van der Waals surface area contributed by atoms with Gasteiger partial charge in [-0.3, -0.25) is 0 Å². The number of hydrogen-bond donors (Lipinski definition) is 0. The number of rotatable bonds is 5. The molecule has 0 aliphatic rings. The summed E-state index contributed by atoms with van der Waals surface area (Å²) in [6.45, 7) is 11.6. The van der Waals surface area contributed by atoms with Crippen LogP contribution in [0.4, 0.5) is 0 Å². The zero-order chi connectivity index (χ0) is 9.40. The van der Waals surface area contributed by atoms with Gasteiger partial charge in [-0.05, 0) is 37.3 Å². The van der Waals surface area contributed by atoms with Gasteiger partial charge in [-0.1, -0.05) is 19.1 Å². The average molecular weight is 162 g/mol. The zero-order valence-electron chi connectivity index (χ0n) is 8.14. The van der Waals surface area contributed by atoms with E-state index in [4.69, 9.17) is 0 Å². The van der Waals surface area contributed by atoms with Crippen LogP contribution in [0, 0.1) is 5.92 Å². The molecule has 0 fully saturated rings. The summed E-state index contributed by atoms with van der Waals surface area (Å²) >= 11 is 0. The predicted octanol–water partition coefficient (Wildman–Crippen LogP) is 3.88. The van der Waals surface area contributed by atoms with Gasteiger partial charge in [0.1, 0.15) is 0 Å². The normalized spacial score (nSPS) is 11.2. The summed E-state index contributed by atoms with van der Waals surface area (Å²) in [5.41, 5.74) is 4.46. The molecule has 1 unspecified atom stereocenters. The van der Waals surface area contributed by atoms with Crippen molar-refractivity contribution >= 4 is 0 Å². The maximum atomic E-state index is 3.72. The van der Waals surface area contributed by atoms with Gasteiger partial charge >= 0.3 is 0 Å². The van der Waals surface area contributed by atoms with Crippen LogP contribution in [0.2, 0.25) is 0 Å². The molecule has 0 radical (unpaired) electrons.